The molecule has 2 aromatic rings. The summed E-state index contributed by atoms with van der Waals surface area (Å²) < 4.78 is 42.7. The van der Waals surface area contributed by atoms with Crippen LogP contribution in [0.1, 0.15) is 18.4 Å². The van der Waals surface area contributed by atoms with Crippen LogP contribution < -0.4 is 5.32 Å². The van der Waals surface area contributed by atoms with Crippen LogP contribution in [0.5, 0.6) is 0 Å². The van der Waals surface area contributed by atoms with Gasteiger partial charge in [0.15, 0.2) is 0 Å². The summed E-state index contributed by atoms with van der Waals surface area (Å²) in [6.07, 6.45) is -0.0880. The molecule has 1 fully saturated rings. The van der Waals surface area contributed by atoms with Crippen molar-refractivity contribution in [2.24, 2.45) is 0 Å². The summed E-state index contributed by atoms with van der Waals surface area (Å²) in [7, 11) is 0. The van der Waals surface area contributed by atoms with Crippen molar-refractivity contribution < 1.29 is 17.9 Å². The van der Waals surface area contributed by atoms with Crippen LogP contribution in [-0.2, 0) is 18.0 Å². The number of ether oxygens (including phenoxy) is 1. The Labute approximate surface area is 120 Å². The highest BCUT2D eigenvalue weighted by Crippen LogP contribution is 2.22. The van der Waals surface area contributed by atoms with E-state index in [0.29, 0.717) is 6.04 Å². The monoisotopic (exact) mass is 298 g/mol. The first-order chi connectivity index (χ1) is 10.0. The molecule has 0 bridgehead atoms. The van der Waals surface area contributed by atoms with Gasteiger partial charge in [0.25, 0.3) is 0 Å². The number of rotatable bonds is 6. The topological polar surface area (TPSA) is 26.2 Å². The summed E-state index contributed by atoms with van der Waals surface area (Å²) in [5.41, 5.74) is 2.03. The van der Waals surface area contributed by atoms with Crippen LogP contribution in [-0.4, -0.2) is 23.4 Å². The van der Waals surface area contributed by atoms with Crippen LogP contribution >= 0.6 is 0 Å². The van der Waals surface area contributed by atoms with Crippen LogP contribution in [0.2, 0.25) is 0 Å². The molecular formula is C15H17F3N2O. The van der Waals surface area contributed by atoms with Gasteiger partial charge in [-0.1, -0.05) is 12.1 Å². The predicted molar refractivity (Wildman–Crippen MR) is 73.8 cm³/mol. The molecular weight excluding hydrogens is 281 g/mol. The van der Waals surface area contributed by atoms with Crippen molar-refractivity contribution in [3.05, 3.63) is 36.0 Å². The fourth-order valence-corrected chi connectivity index (χ4v) is 2.26. The standard InChI is InChI=1S/C15H17F3N2O/c16-15(17,18)9-21-10-20-6-5-12-2-1-11(7-14(12)20)8-19-13-3-4-13/h1-2,5-7,13,19H,3-4,8-10H2. The maximum absolute atomic E-state index is 12.1. The van der Waals surface area contributed by atoms with E-state index in [1.807, 2.05) is 24.3 Å². The molecule has 3 nitrogen and oxygen atoms in total. The van der Waals surface area contributed by atoms with Gasteiger partial charge in [0.05, 0.1) is 5.52 Å². The van der Waals surface area contributed by atoms with Crippen molar-refractivity contribution in [3.8, 4) is 0 Å². The van der Waals surface area contributed by atoms with E-state index in [-0.39, 0.29) is 6.73 Å². The molecule has 114 valence electrons. The summed E-state index contributed by atoms with van der Waals surface area (Å²) in [4.78, 5) is 0. The van der Waals surface area contributed by atoms with Crippen LogP contribution in [0.3, 0.4) is 0 Å². The summed E-state index contributed by atoms with van der Waals surface area (Å²) in [6, 6.07) is 8.53. The van der Waals surface area contributed by atoms with Gasteiger partial charge >= 0.3 is 6.18 Å². The van der Waals surface area contributed by atoms with Gasteiger partial charge in [0.1, 0.15) is 13.3 Å². The van der Waals surface area contributed by atoms with Gasteiger partial charge in [-0.25, -0.2) is 0 Å². The molecule has 0 atom stereocenters. The van der Waals surface area contributed by atoms with Crippen molar-refractivity contribution >= 4 is 10.9 Å². The van der Waals surface area contributed by atoms with Crippen molar-refractivity contribution in [2.75, 3.05) is 6.61 Å². The molecule has 1 aromatic carbocycles. The third-order valence-electron chi connectivity index (χ3n) is 3.51. The highest BCUT2D eigenvalue weighted by atomic mass is 19.4. The Morgan fingerprint density at radius 3 is 2.76 bits per heavy atom. The van der Waals surface area contributed by atoms with E-state index < -0.39 is 12.8 Å². The highest BCUT2D eigenvalue weighted by Gasteiger charge is 2.27. The quantitative estimate of drug-likeness (QED) is 0.884. The molecule has 1 aromatic heterocycles. The third kappa shape index (κ3) is 3.98. The lowest BCUT2D eigenvalue weighted by Crippen LogP contribution is -2.18. The van der Waals surface area contributed by atoms with Gasteiger partial charge in [-0.05, 0) is 35.9 Å². The van der Waals surface area contributed by atoms with Crippen LogP contribution in [0.15, 0.2) is 30.5 Å². The average molecular weight is 298 g/mol. The van der Waals surface area contributed by atoms with E-state index in [9.17, 15) is 13.2 Å². The summed E-state index contributed by atoms with van der Waals surface area (Å²) >= 11 is 0. The zero-order valence-electron chi connectivity index (χ0n) is 11.5. The van der Waals surface area contributed by atoms with E-state index in [1.165, 1.54) is 12.8 Å². The average Bonchev–Trinajstić information content (AvgIpc) is 3.17. The molecule has 0 unspecified atom stereocenters. The number of alkyl halides is 3. The number of halogens is 3. The van der Waals surface area contributed by atoms with Gasteiger partial charge in [0.2, 0.25) is 0 Å². The maximum atomic E-state index is 12.1. The highest BCUT2D eigenvalue weighted by molar-refractivity contribution is 5.80. The minimum Gasteiger partial charge on any atom is -0.351 e. The van der Waals surface area contributed by atoms with E-state index in [1.54, 1.807) is 10.8 Å². The van der Waals surface area contributed by atoms with Crippen molar-refractivity contribution in [2.45, 2.75) is 38.3 Å². The molecule has 3 rings (SSSR count). The number of nitrogens with zero attached hydrogens (tertiary/aromatic N) is 1. The molecule has 0 aliphatic heterocycles. The number of hydrogen-bond donors (Lipinski definition) is 1. The zero-order chi connectivity index (χ0) is 14.9. The van der Waals surface area contributed by atoms with E-state index in [0.717, 1.165) is 23.0 Å². The second kappa shape index (κ2) is 5.69. The molecule has 1 aliphatic carbocycles. The lowest BCUT2D eigenvalue weighted by molar-refractivity contribution is -0.181. The lowest BCUT2D eigenvalue weighted by Gasteiger charge is -2.10. The Morgan fingerprint density at radius 2 is 2.05 bits per heavy atom. The van der Waals surface area contributed by atoms with Gasteiger partial charge in [-0.15, -0.1) is 0 Å². The summed E-state index contributed by atoms with van der Waals surface area (Å²) in [5.74, 6) is 0. The third-order valence-corrected chi connectivity index (χ3v) is 3.51. The SMILES string of the molecule is FC(F)(F)COCn1ccc2ccc(CNC3CC3)cc21. The Hall–Kier alpha value is -1.53. The van der Waals surface area contributed by atoms with Crippen LogP contribution in [0, 0.1) is 0 Å². The smallest absolute Gasteiger partial charge is 0.351 e. The first kappa shape index (κ1) is 14.4. The summed E-state index contributed by atoms with van der Waals surface area (Å²) in [6.45, 7) is -0.534. The molecule has 0 spiro atoms. The molecule has 0 saturated heterocycles. The molecule has 0 radical (unpaired) electrons. The summed E-state index contributed by atoms with van der Waals surface area (Å²) in [5, 5.41) is 4.42. The molecule has 6 heteroatoms. The molecule has 1 saturated carbocycles. The maximum Gasteiger partial charge on any atom is 0.411 e. The predicted octanol–water partition coefficient (Wildman–Crippen LogP) is 3.43. The first-order valence-corrected chi connectivity index (χ1v) is 6.97. The molecule has 1 aliphatic rings. The minimum atomic E-state index is -4.29. The lowest BCUT2D eigenvalue weighted by atomic mass is 10.1. The van der Waals surface area contributed by atoms with Gasteiger partial charge in [-0.3, -0.25) is 0 Å². The number of fused-ring (bicyclic) bond motifs is 1. The molecule has 0 amide bonds. The normalized spacial score (nSPS) is 15.8. The number of aromatic nitrogens is 1. The van der Waals surface area contributed by atoms with Gasteiger partial charge in [-0.2, -0.15) is 13.2 Å². The van der Waals surface area contributed by atoms with Crippen molar-refractivity contribution in [3.63, 3.8) is 0 Å². The largest absolute Gasteiger partial charge is 0.411 e. The molecule has 1 N–H and O–H groups in total. The van der Waals surface area contributed by atoms with Crippen molar-refractivity contribution in [1.29, 1.82) is 0 Å². The fourth-order valence-electron chi connectivity index (χ4n) is 2.26. The number of benzene rings is 1. The fraction of sp³-hybridized carbons (Fsp3) is 0.467. The van der Waals surface area contributed by atoms with E-state index >= 15 is 0 Å². The van der Waals surface area contributed by atoms with Gasteiger partial charge in [0, 0.05) is 18.8 Å². The Bertz CT molecular complexity index is 617. The molecule has 21 heavy (non-hydrogen) atoms. The second-order valence-corrected chi connectivity index (χ2v) is 5.43. The van der Waals surface area contributed by atoms with E-state index in [4.69, 9.17) is 4.74 Å². The van der Waals surface area contributed by atoms with Crippen molar-refractivity contribution in [1.82, 2.24) is 9.88 Å². The zero-order valence-corrected chi connectivity index (χ0v) is 11.5. The Morgan fingerprint density at radius 1 is 1.24 bits per heavy atom. The minimum absolute atomic E-state index is 0.0947. The van der Waals surface area contributed by atoms with E-state index in [2.05, 4.69) is 5.32 Å². The number of nitrogens with one attached hydrogen (secondary N) is 1. The van der Waals surface area contributed by atoms with Crippen LogP contribution in [0.25, 0.3) is 10.9 Å². The Balaban J connectivity index is 1.67. The molecule has 1 heterocycles. The van der Waals surface area contributed by atoms with Gasteiger partial charge < -0.3 is 14.6 Å². The number of hydrogen-bond acceptors (Lipinski definition) is 2. The Kier molecular flexibility index (Phi) is 3.91. The second-order valence-electron chi connectivity index (χ2n) is 5.43. The van der Waals surface area contributed by atoms with Crippen LogP contribution in [0.4, 0.5) is 13.2 Å². The first-order valence-electron chi connectivity index (χ1n) is 6.97.